The molecule has 0 aliphatic heterocycles. The van der Waals surface area contributed by atoms with Crippen LogP contribution in [-0.4, -0.2) is 47.7 Å². The lowest BCUT2D eigenvalue weighted by Gasteiger charge is -2.61. The monoisotopic (exact) mass is 582 g/mol. The van der Waals surface area contributed by atoms with Crippen LogP contribution in [0.4, 0.5) is 17.6 Å². The molecule has 7 rings (SSSR count). The van der Waals surface area contributed by atoms with E-state index in [4.69, 9.17) is 9.15 Å². The van der Waals surface area contributed by atoms with Gasteiger partial charge in [-0.05, 0) is 68.0 Å². The maximum Gasteiger partial charge on any atom is 0.389 e. The smallest absolute Gasteiger partial charge is 0.389 e. The van der Waals surface area contributed by atoms with Crippen LogP contribution < -0.4 is 15.4 Å². The zero-order valence-electron chi connectivity index (χ0n) is 22.7. The molecule has 0 atom stereocenters. The topological polar surface area (TPSA) is 106 Å². The molecule has 3 aliphatic rings. The van der Waals surface area contributed by atoms with Crippen molar-refractivity contribution in [2.24, 2.45) is 5.92 Å². The lowest BCUT2D eigenvalue weighted by Crippen LogP contribution is -2.68. The molecule has 0 radical (unpaired) electrons. The number of carbonyl (C=O) groups is 2. The SMILES string of the molecule is CNC(=O)c1c(-c2ccc(F)cc2)oc2nc(CCC(F)(F)F)c(-c3cnc(OC)c(C(=O)NC45CC(C4)C5)c3)cc12. The van der Waals surface area contributed by atoms with E-state index < -0.39 is 36.6 Å². The Hall–Kier alpha value is -4.48. The van der Waals surface area contributed by atoms with Crippen molar-refractivity contribution in [2.75, 3.05) is 14.2 Å². The summed E-state index contributed by atoms with van der Waals surface area (Å²) in [5.41, 5.74) is 0.917. The van der Waals surface area contributed by atoms with Crippen molar-refractivity contribution >= 4 is 22.9 Å². The van der Waals surface area contributed by atoms with E-state index in [1.807, 2.05) is 0 Å². The van der Waals surface area contributed by atoms with E-state index in [0.29, 0.717) is 17.0 Å². The molecule has 2 bridgehead atoms. The number of ether oxygens (including phenoxy) is 1. The van der Waals surface area contributed by atoms with Crippen LogP contribution in [0.2, 0.25) is 0 Å². The lowest BCUT2D eigenvalue weighted by molar-refractivity contribution is -0.134. The first kappa shape index (κ1) is 27.7. The van der Waals surface area contributed by atoms with Crippen LogP contribution in [0.15, 0.2) is 47.0 Å². The maximum atomic E-state index is 13.6. The first-order chi connectivity index (χ1) is 20.0. The molecule has 218 valence electrons. The number of fused-ring (bicyclic) bond motifs is 1. The highest BCUT2D eigenvalue weighted by Crippen LogP contribution is 2.57. The van der Waals surface area contributed by atoms with Crippen LogP contribution in [0.1, 0.15) is 52.1 Å². The van der Waals surface area contributed by atoms with Gasteiger partial charge >= 0.3 is 6.18 Å². The minimum atomic E-state index is -4.46. The van der Waals surface area contributed by atoms with Crippen molar-refractivity contribution in [3.05, 3.63) is 65.2 Å². The van der Waals surface area contributed by atoms with Crippen LogP contribution in [0, 0.1) is 11.7 Å². The zero-order chi connectivity index (χ0) is 29.8. The Morgan fingerprint density at radius 3 is 2.40 bits per heavy atom. The Bertz CT molecular complexity index is 1700. The number of alkyl halides is 3. The van der Waals surface area contributed by atoms with Gasteiger partial charge < -0.3 is 19.8 Å². The van der Waals surface area contributed by atoms with Gasteiger partial charge in [0.05, 0.1) is 23.8 Å². The van der Waals surface area contributed by atoms with Crippen molar-refractivity contribution in [2.45, 2.75) is 43.8 Å². The van der Waals surface area contributed by atoms with Gasteiger partial charge in [0.15, 0.2) is 0 Å². The molecule has 0 spiro atoms. The van der Waals surface area contributed by atoms with E-state index in [-0.39, 0.29) is 50.7 Å². The number of carbonyl (C=O) groups excluding carboxylic acids is 2. The molecule has 1 aromatic carbocycles. The number of rotatable bonds is 8. The Balaban J connectivity index is 1.51. The summed E-state index contributed by atoms with van der Waals surface area (Å²) in [6, 6.07) is 8.28. The first-order valence-electron chi connectivity index (χ1n) is 13.4. The fraction of sp³-hybridized carbons (Fsp3) is 0.333. The van der Waals surface area contributed by atoms with Crippen LogP contribution in [-0.2, 0) is 6.42 Å². The number of halogens is 4. The predicted molar refractivity (Wildman–Crippen MR) is 144 cm³/mol. The number of nitrogens with one attached hydrogen (secondary N) is 2. The quantitative estimate of drug-likeness (QED) is 0.253. The number of furan rings is 1. The number of pyridine rings is 2. The molecular weight excluding hydrogens is 556 g/mol. The van der Waals surface area contributed by atoms with Gasteiger partial charge in [0.1, 0.15) is 17.1 Å². The molecule has 3 fully saturated rings. The van der Waals surface area contributed by atoms with Crippen molar-refractivity contribution < 1.29 is 36.3 Å². The second kappa shape index (κ2) is 10.1. The Morgan fingerprint density at radius 2 is 1.81 bits per heavy atom. The molecule has 0 unspecified atom stereocenters. The molecule has 2 amide bonds. The number of amides is 2. The van der Waals surface area contributed by atoms with E-state index in [9.17, 15) is 27.2 Å². The molecule has 8 nitrogen and oxygen atoms in total. The largest absolute Gasteiger partial charge is 0.480 e. The third kappa shape index (κ3) is 4.94. The van der Waals surface area contributed by atoms with Crippen LogP contribution in [0.5, 0.6) is 5.88 Å². The van der Waals surface area contributed by atoms with Crippen molar-refractivity contribution in [1.29, 1.82) is 0 Å². The number of aryl methyl sites for hydroxylation is 1. The number of benzene rings is 1. The maximum absolute atomic E-state index is 13.6. The van der Waals surface area contributed by atoms with E-state index in [1.165, 1.54) is 56.8 Å². The highest BCUT2D eigenvalue weighted by atomic mass is 19.4. The van der Waals surface area contributed by atoms with Crippen molar-refractivity contribution in [3.63, 3.8) is 0 Å². The average Bonchev–Trinajstić information content (AvgIpc) is 3.30. The fourth-order valence-corrected chi connectivity index (χ4v) is 5.78. The minimum Gasteiger partial charge on any atom is -0.480 e. The Morgan fingerprint density at radius 1 is 1.10 bits per heavy atom. The van der Waals surface area contributed by atoms with E-state index >= 15 is 0 Å². The van der Waals surface area contributed by atoms with Crippen LogP contribution in [0.3, 0.4) is 0 Å². The van der Waals surface area contributed by atoms with Crippen molar-refractivity contribution in [3.8, 4) is 28.3 Å². The van der Waals surface area contributed by atoms with Crippen LogP contribution in [0.25, 0.3) is 33.6 Å². The van der Waals surface area contributed by atoms with Gasteiger partial charge in [-0.25, -0.2) is 14.4 Å². The van der Waals surface area contributed by atoms with Gasteiger partial charge in [-0.2, -0.15) is 13.2 Å². The lowest BCUT2D eigenvalue weighted by atomic mass is 9.50. The van der Waals surface area contributed by atoms with E-state index in [2.05, 4.69) is 20.6 Å². The predicted octanol–water partition coefficient (Wildman–Crippen LogP) is 5.84. The Kier molecular flexibility index (Phi) is 6.66. The van der Waals surface area contributed by atoms with E-state index in [1.54, 1.807) is 0 Å². The molecule has 12 heteroatoms. The van der Waals surface area contributed by atoms with Gasteiger partial charge in [-0.15, -0.1) is 0 Å². The van der Waals surface area contributed by atoms with Gasteiger partial charge in [0.25, 0.3) is 11.8 Å². The molecular formula is C30H26F4N4O4. The summed E-state index contributed by atoms with van der Waals surface area (Å²) in [7, 11) is 2.80. The highest BCUT2D eigenvalue weighted by molar-refractivity contribution is 6.11. The summed E-state index contributed by atoms with van der Waals surface area (Å²) in [4.78, 5) is 35.0. The summed E-state index contributed by atoms with van der Waals surface area (Å²) in [5, 5.41) is 5.83. The average molecular weight is 583 g/mol. The number of methoxy groups -OCH3 is 1. The van der Waals surface area contributed by atoms with Gasteiger partial charge in [-0.3, -0.25) is 9.59 Å². The number of hydrogen-bond acceptors (Lipinski definition) is 6. The summed E-state index contributed by atoms with van der Waals surface area (Å²) < 4.78 is 64.8. The molecule has 3 heterocycles. The number of nitrogens with zero attached hydrogens (tertiary/aromatic N) is 2. The normalized spacial score (nSPS) is 19.1. The zero-order valence-corrected chi connectivity index (χ0v) is 22.7. The minimum absolute atomic E-state index is 0.0421. The van der Waals surface area contributed by atoms with Crippen LogP contribution >= 0.6 is 0 Å². The standard InChI is InChI=1S/C30H26F4N4O4/c1-35-26(40)23-20-10-19(17-9-21(27(41-2)36-14-17)25(39)38-29-11-15(12-29)13-29)22(7-8-30(32,33)34)37-28(20)42-24(23)16-3-5-18(31)6-4-16/h3-6,9-10,14-15H,7-8,11-13H2,1-2H3,(H,35,40)(H,38,39). The second-order valence-corrected chi connectivity index (χ2v) is 10.8. The van der Waals surface area contributed by atoms with E-state index in [0.717, 1.165) is 19.3 Å². The number of aromatic nitrogens is 2. The summed E-state index contributed by atoms with van der Waals surface area (Å²) in [6.45, 7) is 0. The summed E-state index contributed by atoms with van der Waals surface area (Å²) in [5.74, 6) is -0.625. The van der Waals surface area contributed by atoms with Gasteiger partial charge in [-0.1, -0.05) is 0 Å². The van der Waals surface area contributed by atoms with Gasteiger partial charge in [0, 0.05) is 41.9 Å². The highest BCUT2D eigenvalue weighted by Gasteiger charge is 2.57. The third-order valence-electron chi connectivity index (χ3n) is 7.98. The van der Waals surface area contributed by atoms with Gasteiger partial charge in [0.2, 0.25) is 11.6 Å². The third-order valence-corrected chi connectivity index (χ3v) is 7.98. The van der Waals surface area contributed by atoms with Crippen molar-refractivity contribution in [1.82, 2.24) is 20.6 Å². The molecule has 2 N–H and O–H groups in total. The second-order valence-electron chi connectivity index (χ2n) is 10.8. The fourth-order valence-electron chi connectivity index (χ4n) is 5.78. The molecule has 42 heavy (non-hydrogen) atoms. The molecule has 4 aromatic rings. The summed E-state index contributed by atoms with van der Waals surface area (Å²) in [6.07, 6.45) is -1.99. The first-order valence-corrected chi connectivity index (χ1v) is 13.4. The molecule has 3 aromatic heterocycles. The summed E-state index contributed by atoms with van der Waals surface area (Å²) >= 11 is 0. The molecule has 0 saturated heterocycles. The molecule has 3 aliphatic carbocycles. The number of hydrogen-bond donors (Lipinski definition) is 2. The Labute approximate surface area is 237 Å². The molecule has 3 saturated carbocycles.